The van der Waals surface area contributed by atoms with Crippen molar-refractivity contribution in [2.45, 2.75) is 25.7 Å². The van der Waals surface area contributed by atoms with Gasteiger partial charge in [-0.3, -0.25) is 0 Å². The SMILES string of the molecule is OCCC(CO)C1CCC1. The highest BCUT2D eigenvalue weighted by atomic mass is 16.3. The van der Waals surface area contributed by atoms with Crippen LogP contribution < -0.4 is 0 Å². The molecule has 2 heteroatoms. The maximum Gasteiger partial charge on any atom is 0.0462 e. The number of hydrogen-bond donors (Lipinski definition) is 2. The fraction of sp³-hybridized carbons (Fsp3) is 1.00. The summed E-state index contributed by atoms with van der Waals surface area (Å²) in [5.74, 6) is 1.08. The first-order chi connectivity index (χ1) is 4.88. The van der Waals surface area contributed by atoms with E-state index in [1.807, 2.05) is 0 Å². The van der Waals surface area contributed by atoms with Crippen molar-refractivity contribution in [1.82, 2.24) is 0 Å². The molecule has 1 aliphatic rings. The molecule has 1 atom stereocenters. The average molecular weight is 144 g/mol. The topological polar surface area (TPSA) is 40.5 Å². The Balaban J connectivity index is 2.17. The van der Waals surface area contributed by atoms with Crippen molar-refractivity contribution >= 4 is 0 Å². The summed E-state index contributed by atoms with van der Waals surface area (Å²) in [5, 5.41) is 17.5. The largest absolute Gasteiger partial charge is 0.396 e. The highest BCUT2D eigenvalue weighted by Crippen LogP contribution is 2.34. The zero-order valence-electron chi connectivity index (χ0n) is 6.29. The molecule has 0 saturated heterocycles. The first-order valence-corrected chi connectivity index (χ1v) is 4.10. The van der Waals surface area contributed by atoms with Gasteiger partial charge in [0.1, 0.15) is 0 Å². The van der Waals surface area contributed by atoms with Crippen LogP contribution in [0.5, 0.6) is 0 Å². The van der Waals surface area contributed by atoms with E-state index >= 15 is 0 Å². The van der Waals surface area contributed by atoms with E-state index < -0.39 is 0 Å². The molecule has 1 fully saturated rings. The predicted molar refractivity (Wildman–Crippen MR) is 39.6 cm³/mol. The van der Waals surface area contributed by atoms with Crippen LogP contribution in [0.25, 0.3) is 0 Å². The first-order valence-electron chi connectivity index (χ1n) is 4.10. The molecule has 1 saturated carbocycles. The maximum absolute atomic E-state index is 8.88. The van der Waals surface area contributed by atoms with Gasteiger partial charge in [0.05, 0.1) is 0 Å². The molecule has 0 aliphatic heterocycles. The average Bonchev–Trinajstić information content (AvgIpc) is 1.83. The van der Waals surface area contributed by atoms with Crippen molar-refractivity contribution in [3.05, 3.63) is 0 Å². The van der Waals surface area contributed by atoms with Crippen molar-refractivity contribution in [3.8, 4) is 0 Å². The number of hydrogen-bond acceptors (Lipinski definition) is 2. The van der Waals surface area contributed by atoms with Gasteiger partial charge in [-0.05, 0) is 18.3 Å². The third-order valence-corrected chi connectivity index (χ3v) is 2.55. The van der Waals surface area contributed by atoms with E-state index in [4.69, 9.17) is 10.2 Å². The zero-order valence-corrected chi connectivity index (χ0v) is 6.29. The van der Waals surface area contributed by atoms with Gasteiger partial charge in [0.25, 0.3) is 0 Å². The third-order valence-electron chi connectivity index (χ3n) is 2.55. The molecule has 10 heavy (non-hydrogen) atoms. The van der Waals surface area contributed by atoms with Gasteiger partial charge in [0, 0.05) is 13.2 Å². The van der Waals surface area contributed by atoms with Crippen LogP contribution >= 0.6 is 0 Å². The van der Waals surface area contributed by atoms with Crippen molar-refractivity contribution in [3.63, 3.8) is 0 Å². The van der Waals surface area contributed by atoms with Gasteiger partial charge in [0.2, 0.25) is 0 Å². The quantitative estimate of drug-likeness (QED) is 0.612. The molecule has 2 N–H and O–H groups in total. The van der Waals surface area contributed by atoms with Crippen molar-refractivity contribution in [2.24, 2.45) is 11.8 Å². The van der Waals surface area contributed by atoms with E-state index in [0.29, 0.717) is 11.8 Å². The lowest BCUT2D eigenvalue weighted by Gasteiger charge is -2.32. The van der Waals surface area contributed by atoms with Crippen LogP contribution in [0, 0.1) is 11.8 Å². The van der Waals surface area contributed by atoms with Crippen LogP contribution in [0.4, 0.5) is 0 Å². The second-order valence-corrected chi connectivity index (χ2v) is 3.15. The number of aliphatic hydroxyl groups is 2. The van der Waals surface area contributed by atoms with E-state index in [1.165, 1.54) is 19.3 Å². The third kappa shape index (κ3) is 1.70. The lowest BCUT2D eigenvalue weighted by atomic mass is 9.75. The summed E-state index contributed by atoms with van der Waals surface area (Å²) in [7, 11) is 0. The molecule has 0 radical (unpaired) electrons. The second kappa shape index (κ2) is 3.94. The number of aliphatic hydroxyl groups excluding tert-OH is 2. The van der Waals surface area contributed by atoms with Crippen LogP contribution in [0.1, 0.15) is 25.7 Å². The Labute approximate surface area is 61.9 Å². The molecule has 0 bridgehead atoms. The summed E-state index contributed by atoms with van der Waals surface area (Å²) in [6, 6.07) is 0. The van der Waals surface area contributed by atoms with E-state index in [2.05, 4.69) is 0 Å². The Morgan fingerprint density at radius 2 is 2.00 bits per heavy atom. The molecule has 0 aromatic heterocycles. The fourth-order valence-electron chi connectivity index (χ4n) is 1.55. The first kappa shape index (κ1) is 8.02. The predicted octanol–water partition coefficient (Wildman–Crippen LogP) is 0.777. The van der Waals surface area contributed by atoms with Crippen LogP contribution in [-0.4, -0.2) is 23.4 Å². The van der Waals surface area contributed by atoms with Crippen molar-refractivity contribution in [1.29, 1.82) is 0 Å². The minimum absolute atomic E-state index is 0.224. The Morgan fingerprint density at radius 1 is 1.30 bits per heavy atom. The normalized spacial score (nSPS) is 22.2. The summed E-state index contributed by atoms with van der Waals surface area (Å²) in [6.45, 7) is 0.479. The van der Waals surface area contributed by atoms with Crippen LogP contribution in [0.3, 0.4) is 0 Å². The molecule has 2 nitrogen and oxygen atoms in total. The van der Waals surface area contributed by atoms with Gasteiger partial charge in [-0.2, -0.15) is 0 Å². The lowest BCUT2D eigenvalue weighted by Crippen LogP contribution is -2.25. The lowest BCUT2D eigenvalue weighted by molar-refractivity contribution is 0.0982. The number of rotatable bonds is 4. The smallest absolute Gasteiger partial charge is 0.0462 e. The van der Waals surface area contributed by atoms with Gasteiger partial charge in [-0.1, -0.05) is 19.3 Å². The summed E-state index contributed by atoms with van der Waals surface area (Å²) in [6.07, 6.45) is 4.60. The monoisotopic (exact) mass is 144 g/mol. The maximum atomic E-state index is 8.88. The van der Waals surface area contributed by atoms with Gasteiger partial charge in [0.15, 0.2) is 0 Å². The van der Waals surface area contributed by atoms with E-state index in [0.717, 1.165) is 6.42 Å². The standard InChI is InChI=1S/C8H16O2/c9-5-4-8(6-10)7-2-1-3-7/h7-10H,1-6H2. The Morgan fingerprint density at radius 3 is 2.30 bits per heavy atom. The Kier molecular flexibility index (Phi) is 3.16. The molecular weight excluding hydrogens is 128 g/mol. The highest BCUT2D eigenvalue weighted by molar-refractivity contribution is 4.76. The Bertz CT molecular complexity index is 89.3. The summed E-state index contributed by atoms with van der Waals surface area (Å²) in [4.78, 5) is 0. The molecule has 1 rings (SSSR count). The molecule has 0 spiro atoms. The van der Waals surface area contributed by atoms with E-state index in [-0.39, 0.29) is 13.2 Å². The fourth-order valence-corrected chi connectivity index (χ4v) is 1.55. The van der Waals surface area contributed by atoms with E-state index in [9.17, 15) is 0 Å². The molecular formula is C8H16O2. The van der Waals surface area contributed by atoms with Gasteiger partial charge in [-0.25, -0.2) is 0 Å². The minimum atomic E-state index is 0.224. The second-order valence-electron chi connectivity index (χ2n) is 3.15. The molecule has 0 heterocycles. The highest BCUT2D eigenvalue weighted by Gasteiger charge is 2.25. The molecule has 0 aromatic carbocycles. The summed E-state index contributed by atoms with van der Waals surface area (Å²) >= 11 is 0. The summed E-state index contributed by atoms with van der Waals surface area (Å²) < 4.78 is 0. The van der Waals surface area contributed by atoms with Gasteiger partial charge >= 0.3 is 0 Å². The van der Waals surface area contributed by atoms with Gasteiger partial charge in [-0.15, -0.1) is 0 Å². The van der Waals surface area contributed by atoms with Crippen LogP contribution in [-0.2, 0) is 0 Å². The molecule has 1 aliphatic carbocycles. The molecule has 1 unspecified atom stereocenters. The van der Waals surface area contributed by atoms with Crippen molar-refractivity contribution < 1.29 is 10.2 Å². The molecule has 60 valence electrons. The van der Waals surface area contributed by atoms with Gasteiger partial charge < -0.3 is 10.2 Å². The zero-order chi connectivity index (χ0) is 7.40. The van der Waals surface area contributed by atoms with Crippen molar-refractivity contribution in [2.75, 3.05) is 13.2 Å². The molecule has 0 amide bonds. The summed E-state index contributed by atoms with van der Waals surface area (Å²) in [5.41, 5.74) is 0. The Hall–Kier alpha value is -0.0800. The van der Waals surface area contributed by atoms with Crippen LogP contribution in [0.15, 0.2) is 0 Å². The van der Waals surface area contributed by atoms with Crippen LogP contribution in [0.2, 0.25) is 0 Å². The molecule has 0 aromatic rings. The minimum Gasteiger partial charge on any atom is -0.396 e. The van der Waals surface area contributed by atoms with E-state index in [1.54, 1.807) is 0 Å².